The van der Waals surface area contributed by atoms with Gasteiger partial charge in [-0.05, 0) is 179 Å². The molecule has 0 aliphatic heterocycles. The highest BCUT2D eigenvalue weighted by atomic mass is 16.5. The van der Waals surface area contributed by atoms with Crippen LogP contribution in [0.15, 0.2) is 291 Å². The number of methoxy groups -OCH3 is 2. The number of benzene rings is 12. The third-order valence-corrected chi connectivity index (χ3v) is 15.5. The third-order valence-electron chi connectivity index (χ3n) is 15.5. The highest BCUT2D eigenvalue weighted by molar-refractivity contribution is 6.12. The van der Waals surface area contributed by atoms with E-state index < -0.39 is 0 Å². The van der Waals surface area contributed by atoms with Gasteiger partial charge in [0.25, 0.3) is 0 Å². The van der Waals surface area contributed by atoms with E-state index in [1.54, 1.807) is 14.2 Å². The lowest BCUT2D eigenvalue weighted by atomic mass is 10.0. The summed E-state index contributed by atoms with van der Waals surface area (Å²) < 4.78 is 15.7. The van der Waals surface area contributed by atoms with Crippen LogP contribution >= 0.6 is 0 Å². The SMILES string of the molecule is COc1ccc(-c2ccc(N(c3ccc(-c4ccc(N(c5ccc(-c6ccc(OC)cc6)cc5)c5ccc6c(c5)c5ccccc5n6-c5ccccc5)cc4)cc3)c3ccc4c(c3)c3ccccc3n4-c3ccccc3)cc2)cc1. The summed E-state index contributed by atoms with van der Waals surface area (Å²) >= 11 is 0. The van der Waals surface area contributed by atoms with Crippen LogP contribution in [0.2, 0.25) is 0 Å². The van der Waals surface area contributed by atoms with Crippen LogP contribution in [0.3, 0.4) is 0 Å². The Morgan fingerprint density at radius 3 is 0.812 bits per heavy atom. The molecule has 382 valence electrons. The predicted octanol–water partition coefficient (Wildman–Crippen LogP) is 19.8. The fraction of sp³-hybridized carbons (Fsp3) is 0.0270. The van der Waals surface area contributed by atoms with Gasteiger partial charge in [-0.25, -0.2) is 0 Å². The minimum absolute atomic E-state index is 0.840. The summed E-state index contributed by atoms with van der Waals surface area (Å²) in [7, 11) is 3.40. The quantitative estimate of drug-likeness (QED) is 0.115. The lowest BCUT2D eigenvalue weighted by Crippen LogP contribution is -2.10. The molecular weight excluding hydrogens is 977 g/mol. The van der Waals surface area contributed by atoms with Crippen molar-refractivity contribution < 1.29 is 9.47 Å². The van der Waals surface area contributed by atoms with E-state index in [0.29, 0.717) is 0 Å². The number of rotatable bonds is 13. The summed E-state index contributed by atoms with van der Waals surface area (Å²) in [6, 6.07) is 105. The molecule has 0 saturated heterocycles. The maximum atomic E-state index is 5.46. The van der Waals surface area contributed by atoms with Gasteiger partial charge in [-0.2, -0.15) is 0 Å². The van der Waals surface area contributed by atoms with Gasteiger partial charge in [-0.15, -0.1) is 0 Å². The third kappa shape index (κ3) is 8.66. The zero-order valence-corrected chi connectivity index (χ0v) is 44.3. The molecule has 0 amide bonds. The first kappa shape index (κ1) is 47.9. The Bertz CT molecular complexity index is 4200. The minimum Gasteiger partial charge on any atom is -0.497 e. The van der Waals surface area contributed by atoms with Crippen molar-refractivity contribution in [3.05, 3.63) is 291 Å². The van der Waals surface area contributed by atoms with Crippen molar-refractivity contribution in [2.45, 2.75) is 0 Å². The van der Waals surface area contributed by atoms with Crippen molar-refractivity contribution in [1.82, 2.24) is 9.13 Å². The molecule has 14 rings (SSSR count). The Balaban J connectivity index is 0.838. The maximum absolute atomic E-state index is 5.46. The van der Waals surface area contributed by atoms with Crippen molar-refractivity contribution in [2.75, 3.05) is 24.0 Å². The second-order valence-electron chi connectivity index (χ2n) is 20.1. The molecule has 0 fully saturated rings. The molecule has 0 unspecified atom stereocenters. The van der Waals surface area contributed by atoms with Gasteiger partial charge < -0.3 is 28.4 Å². The molecule has 0 N–H and O–H groups in total. The zero-order chi connectivity index (χ0) is 53.5. The Morgan fingerprint density at radius 2 is 0.500 bits per heavy atom. The molecule has 0 radical (unpaired) electrons. The largest absolute Gasteiger partial charge is 0.497 e. The molecular formula is C74H54N4O2. The van der Waals surface area contributed by atoms with Crippen molar-refractivity contribution in [2.24, 2.45) is 0 Å². The summed E-state index contributed by atoms with van der Waals surface area (Å²) in [5.74, 6) is 1.68. The first-order valence-electron chi connectivity index (χ1n) is 27.0. The number of hydrogen-bond donors (Lipinski definition) is 0. The average molecular weight is 1030 g/mol. The summed E-state index contributed by atoms with van der Waals surface area (Å²) in [5, 5.41) is 4.81. The van der Waals surface area contributed by atoms with Crippen LogP contribution in [0.4, 0.5) is 34.1 Å². The van der Waals surface area contributed by atoms with Crippen LogP contribution in [0.5, 0.6) is 11.5 Å². The standard InChI is InChI=1S/C74H54N4O2/c1-79-65-43-29-55(30-44-65)53-25-37-61(38-26-53)75(63-41-47-73-69(49-63)67-17-9-11-19-71(67)77(73)57-13-5-3-6-14-57)59-33-21-51(22-34-59)52-23-35-60(36-24-52)76(62-39-27-54(28-40-62)56-31-45-66(80-2)46-32-56)64-42-48-74-70(50-64)68-18-10-12-20-72(68)78(74)58-15-7-4-8-16-58/h3-50H,1-2H3. The number of ether oxygens (including phenoxy) is 2. The number of hydrogen-bond acceptors (Lipinski definition) is 4. The van der Waals surface area contributed by atoms with E-state index in [1.807, 2.05) is 24.3 Å². The van der Waals surface area contributed by atoms with Gasteiger partial charge in [-0.1, -0.05) is 146 Å². The van der Waals surface area contributed by atoms with E-state index in [2.05, 4.69) is 286 Å². The number of aromatic nitrogens is 2. The van der Waals surface area contributed by atoms with E-state index >= 15 is 0 Å². The molecule has 14 aromatic rings. The number of anilines is 6. The summed E-state index contributed by atoms with van der Waals surface area (Å²) in [6.07, 6.45) is 0. The topological polar surface area (TPSA) is 34.8 Å². The fourth-order valence-corrected chi connectivity index (χ4v) is 11.6. The van der Waals surface area contributed by atoms with E-state index in [-0.39, 0.29) is 0 Å². The van der Waals surface area contributed by atoms with Crippen LogP contribution in [0, 0.1) is 0 Å². The van der Waals surface area contributed by atoms with Gasteiger partial charge in [0.05, 0.1) is 36.3 Å². The molecule has 2 heterocycles. The molecule has 0 atom stereocenters. The predicted molar refractivity (Wildman–Crippen MR) is 334 cm³/mol. The molecule has 2 aromatic heterocycles. The lowest BCUT2D eigenvalue weighted by Gasteiger charge is -2.27. The molecule has 80 heavy (non-hydrogen) atoms. The van der Waals surface area contributed by atoms with Crippen LogP contribution < -0.4 is 19.3 Å². The first-order valence-corrected chi connectivity index (χ1v) is 27.0. The van der Waals surface area contributed by atoms with Gasteiger partial charge >= 0.3 is 0 Å². The van der Waals surface area contributed by atoms with Crippen molar-refractivity contribution >= 4 is 77.7 Å². The highest BCUT2D eigenvalue weighted by Gasteiger charge is 2.21. The van der Waals surface area contributed by atoms with E-state index in [1.165, 1.54) is 32.6 Å². The Morgan fingerprint density at radius 1 is 0.237 bits per heavy atom. The normalized spacial score (nSPS) is 11.4. The Kier molecular flexibility index (Phi) is 12.2. The summed E-state index contributed by atoms with van der Waals surface area (Å²) in [4.78, 5) is 4.73. The number of para-hydroxylation sites is 4. The van der Waals surface area contributed by atoms with Gasteiger partial charge in [0.1, 0.15) is 11.5 Å². The monoisotopic (exact) mass is 1030 g/mol. The minimum atomic E-state index is 0.840. The average Bonchev–Trinajstić information content (AvgIpc) is 4.28. The van der Waals surface area contributed by atoms with Crippen molar-refractivity contribution in [3.8, 4) is 56.3 Å². The molecule has 6 nitrogen and oxygen atoms in total. The Labute approximate surface area is 465 Å². The summed E-state index contributed by atoms with van der Waals surface area (Å²) in [6.45, 7) is 0. The fourth-order valence-electron chi connectivity index (χ4n) is 11.6. The van der Waals surface area contributed by atoms with Gasteiger partial charge in [0.15, 0.2) is 0 Å². The van der Waals surface area contributed by atoms with E-state index in [0.717, 1.165) is 101 Å². The van der Waals surface area contributed by atoms with Gasteiger partial charge in [-0.3, -0.25) is 0 Å². The molecule has 0 saturated carbocycles. The second kappa shape index (κ2) is 20.4. The van der Waals surface area contributed by atoms with Gasteiger partial charge in [0.2, 0.25) is 0 Å². The van der Waals surface area contributed by atoms with Crippen LogP contribution in [-0.4, -0.2) is 23.4 Å². The maximum Gasteiger partial charge on any atom is 0.118 e. The molecule has 0 aliphatic rings. The summed E-state index contributed by atoms with van der Waals surface area (Å²) in [5.41, 5.74) is 20.1. The first-order chi connectivity index (χ1) is 39.6. The second-order valence-corrected chi connectivity index (χ2v) is 20.1. The number of nitrogens with zero attached hydrogens (tertiary/aromatic N) is 4. The van der Waals surface area contributed by atoms with Crippen LogP contribution in [-0.2, 0) is 0 Å². The van der Waals surface area contributed by atoms with E-state index in [9.17, 15) is 0 Å². The molecule has 0 bridgehead atoms. The van der Waals surface area contributed by atoms with Crippen LogP contribution in [0.1, 0.15) is 0 Å². The van der Waals surface area contributed by atoms with Crippen molar-refractivity contribution in [3.63, 3.8) is 0 Å². The molecule has 12 aromatic carbocycles. The molecule has 0 spiro atoms. The lowest BCUT2D eigenvalue weighted by molar-refractivity contribution is 0.415. The van der Waals surface area contributed by atoms with Crippen molar-refractivity contribution in [1.29, 1.82) is 0 Å². The highest BCUT2D eigenvalue weighted by Crippen LogP contribution is 2.44. The Hall–Kier alpha value is -10.6. The van der Waals surface area contributed by atoms with E-state index in [4.69, 9.17) is 9.47 Å². The zero-order valence-electron chi connectivity index (χ0n) is 44.3. The smallest absolute Gasteiger partial charge is 0.118 e. The number of fused-ring (bicyclic) bond motifs is 6. The van der Waals surface area contributed by atoms with Gasteiger partial charge in [0, 0.05) is 67.0 Å². The molecule has 0 aliphatic carbocycles. The van der Waals surface area contributed by atoms with Crippen LogP contribution in [0.25, 0.3) is 88.4 Å². The molecule has 6 heteroatoms.